The van der Waals surface area contributed by atoms with E-state index in [0.29, 0.717) is 6.54 Å². The van der Waals surface area contributed by atoms with E-state index in [2.05, 4.69) is 4.98 Å². The quantitative estimate of drug-likeness (QED) is 0.916. The maximum absolute atomic E-state index is 5.92. The molecule has 1 aromatic heterocycles. The van der Waals surface area contributed by atoms with E-state index in [1.165, 1.54) is 0 Å². The summed E-state index contributed by atoms with van der Waals surface area (Å²) in [5.41, 5.74) is 8.68. The fraction of sp³-hybridized carbons (Fsp3) is 0.0833. The van der Waals surface area contributed by atoms with Crippen LogP contribution in [0, 0.1) is 0 Å². The molecule has 0 unspecified atom stereocenters. The highest BCUT2D eigenvalue weighted by molar-refractivity contribution is 6.30. The molecule has 0 aliphatic heterocycles. The Morgan fingerprint density at radius 2 is 1.82 bits per heavy atom. The fourth-order valence-electron chi connectivity index (χ4n) is 1.43. The average Bonchev–Trinajstić information content (AvgIpc) is 2.29. The fourth-order valence-corrected chi connectivity index (χ4v) is 1.62. The van der Waals surface area contributed by atoms with Crippen molar-refractivity contribution in [2.45, 2.75) is 6.54 Å². The van der Waals surface area contributed by atoms with Crippen molar-refractivity contribution in [1.29, 1.82) is 0 Å². The Labute approximate surface area is 118 Å². The molecule has 0 aliphatic carbocycles. The molecule has 0 amide bonds. The molecule has 2 aromatic rings. The Kier molecular flexibility index (Phi) is 7.16. The number of halogens is 3. The van der Waals surface area contributed by atoms with Crippen LogP contribution in [-0.4, -0.2) is 4.98 Å². The van der Waals surface area contributed by atoms with Crippen LogP contribution in [0.2, 0.25) is 5.02 Å². The molecule has 0 saturated carbocycles. The molecule has 2 rings (SSSR count). The maximum atomic E-state index is 5.92. The van der Waals surface area contributed by atoms with Crippen molar-refractivity contribution in [2.75, 3.05) is 0 Å². The van der Waals surface area contributed by atoms with E-state index >= 15 is 0 Å². The molecule has 0 fully saturated rings. The first-order valence-corrected chi connectivity index (χ1v) is 5.07. The highest BCUT2D eigenvalue weighted by atomic mass is 35.5. The molecule has 2 nitrogen and oxygen atoms in total. The van der Waals surface area contributed by atoms with Gasteiger partial charge >= 0.3 is 0 Å². The molecular weight excluding hydrogens is 279 g/mol. The molecule has 92 valence electrons. The first-order valence-electron chi connectivity index (χ1n) is 4.69. The van der Waals surface area contributed by atoms with Crippen molar-refractivity contribution in [3.63, 3.8) is 0 Å². The predicted molar refractivity (Wildman–Crippen MR) is 77.1 cm³/mol. The second-order valence-corrected chi connectivity index (χ2v) is 3.73. The van der Waals surface area contributed by atoms with Crippen molar-refractivity contribution >= 4 is 36.4 Å². The first kappa shape index (κ1) is 16.2. The Bertz CT molecular complexity index is 475. The summed E-state index contributed by atoms with van der Waals surface area (Å²) < 4.78 is 0. The van der Waals surface area contributed by atoms with Crippen molar-refractivity contribution in [3.05, 3.63) is 53.3 Å². The smallest absolute Gasteiger partial charge is 0.0412 e. The summed E-state index contributed by atoms with van der Waals surface area (Å²) in [5.74, 6) is 0. The molecule has 1 aromatic carbocycles. The van der Waals surface area contributed by atoms with E-state index in [4.69, 9.17) is 17.3 Å². The van der Waals surface area contributed by atoms with Gasteiger partial charge in [-0.25, -0.2) is 0 Å². The molecule has 0 bridgehead atoms. The van der Waals surface area contributed by atoms with Crippen LogP contribution in [0.1, 0.15) is 5.56 Å². The molecule has 0 aliphatic rings. The highest BCUT2D eigenvalue weighted by Gasteiger charge is 1.99. The lowest BCUT2D eigenvalue weighted by Gasteiger charge is -2.03. The third-order valence-corrected chi connectivity index (χ3v) is 2.42. The number of rotatable bonds is 2. The van der Waals surface area contributed by atoms with Crippen molar-refractivity contribution < 1.29 is 0 Å². The van der Waals surface area contributed by atoms with E-state index < -0.39 is 0 Å². The van der Waals surface area contributed by atoms with Crippen LogP contribution in [0.25, 0.3) is 11.1 Å². The normalized spacial score (nSPS) is 9.06. The van der Waals surface area contributed by atoms with Gasteiger partial charge in [0.05, 0.1) is 0 Å². The van der Waals surface area contributed by atoms with E-state index in [-0.39, 0.29) is 24.8 Å². The van der Waals surface area contributed by atoms with Crippen molar-refractivity contribution in [1.82, 2.24) is 4.98 Å². The largest absolute Gasteiger partial charge is 0.326 e. The second kappa shape index (κ2) is 7.51. The minimum Gasteiger partial charge on any atom is -0.326 e. The Morgan fingerprint density at radius 3 is 2.47 bits per heavy atom. The minimum atomic E-state index is 0. The van der Waals surface area contributed by atoms with Gasteiger partial charge in [0.2, 0.25) is 0 Å². The SMILES string of the molecule is Cl.Cl.NCc1cncc(-c2cccc(Cl)c2)c1. The lowest BCUT2D eigenvalue weighted by Crippen LogP contribution is -1.96. The molecule has 0 spiro atoms. The molecule has 2 N–H and O–H groups in total. The van der Waals surface area contributed by atoms with E-state index in [9.17, 15) is 0 Å². The van der Waals surface area contributed by atoms with E-state index in [1.54, 1.807) is 6.20 Å². The van der Waals surface area contributed by atoms with Crippen LogP contribution in [0.5, 0.6) is 0 Å². The van der Waals surface area contributed by atoms with Gasteiger partial charge < -0.3 is 5.73 Å². The number of hydrogen-bond donors (Lipinski definition) is 1. The van der Waals surface area contributed by atoms with Crippen LogP contribution in [0.4, 0.5) is 0 Å². The number of aromatic nitrogens is 1. The molecule has 0 radical (unpaired) electrons. The monoisotopic (exact) mass is 290 g/mol. The van der Waals surface area contributed by atoms with E-state index in [1.807, 2.05) is 36.5 Å². The first-order chi connectivity index (χ1) is 7.29. The van der Waals surface area contributed by atoms with Crippen LogP contribution >= 0.6 is 36.4 Å². The third kappa shape index (κ3) is 4.17. The number of nitrogens with zero attached hydrogens (tertiary/aromatic N) is 1. The Balaban J connectivity index is 0.00000128. The third-order valence-electron chi connectivity index (χ3n) is 2.19. The minimum absolute atomic E-state index is 0. The number of hydrogen-bond acceptors (Lipinski definition) is 2. The van der Waals surface area contributed by atoms with Crippen LogP contribution in [0.15, 0.2) is 42.7 Å². The molecule has 17 heavy (non-hydrogen) atoms. The Morgan fingerprint density at radius 1 is 1.06 bits per heavy atom. The maximum Gasteiger partial charge on any atom is 0.0412 e. The summed E-state index contributed by atoms with van der Waals surface area (Å²) in [6, 6.07) is 9.72. The van der Waals surface area contributed by atoms with Gasteiger partial charge in [-0.2, -0.15) is 0 Å². The summed E-state index contributed by atoms with van der Waals surface area (Å²) in [6.45, 7) is 0.501. The highest BCUT2D eigenvalue weighted by Crippen LogP contribution is 2.22. The van der Waals surface area contributed by atoms with Gasteiger partial charge in [0.15, 0.2) is 0 Å². The lowest BCUT2D eigenvalue weighted by molar-refractivity contribution is 1.05. The number of benzene rings is 1. The zero-order valence-corrected chi connectivity index (χ0v) is 11.4. The van der Waals surface area contributed by atoms with Gasteiger partial charge in [0, 0.05) is 29.5 Å². The standard InChI is InChI=1S/C12H11ClN2.2ClH/c13-12-3-1-2-10(5-12)11-4-9(6-14)7-15-8-11;;/h1-5,7-8H,6,14H2;2*1H. The Hall–Kier alpha value is -0.800. The topological polar surface area (TPSA) is 38.9 Å². The van der Waals surface area contributed by atoms with Gasteiger partial charge in [0.1, 0.15) is 0 Å². The summed E-state index contributed by atoms with van der Waals surface area (Å²) in [7, 11) is 0. The average molecular weight is 292 g/mol. The summed E-state index contributed by atoms with van der Waals surface area (Å²) in [4.78, 5) is 4.14. The van der Waals surface area contributed by atoms with Gasteiger partial charge in [-0.3, -0.25) is 4.98 Å². The molecule has 1 heterocycles. The summed E-state index contributed by atoms with van der Waals surface area (Å²) in [6.07, 6.45) is 3.58. The lowest BCUT2D eigenvalue weighted by atomic mass is 10.1. The number of pyridine rings is 1. The van der Waals surface area contributed by atoms with Crippen LogP contribution in [0.3, 0.4) is 0 Å². The molecule has 0 atom stereocenters. The molecule has 5 heteroatoms. The van der Waals surface area contributed by atoms with Crippen LogP contribution < -0.4 is 5.73 Å². The van der Waals surface area contributed by atoms with Gasteiger partial charge in [-0.15, -0.1) is 24.8 Å². The zero-order valence-electron chi connectivity index (χ0n) is 8.97. The number of nitrogens with two attached hydrogens (primary N) is 1. The van der Waals surface area contributed by atoms with Gasteiger partial charge in [0.25, 0.3) is 0 Å². The molecule has 0 saturated heterocycles. The predicted octanol–water partition coefficient (Wildman–Crippen LogP) is 3.70. The molecular formula is C12H13Cl3N2. The summed E-state index contributed by atoms with van der Waals surface area (Å²) >= 11 is 5.92. The summed E-state index contributed by atoms with van der Waals surface area (Å²) in [5, 5.41) is 0.727. The van der Waals surface area contributed by atoms with Crippen molar-refractivity contribution in [3.8, 4) is 11.1 Å². The van der Waals surface area contributed by atoms with Gasteiger partial charge in [-0.05, 0) is 29.3 Å². The van der Waals surface area contributed by atoms with Crippen molar-refractivity contribution in [2.24, 2.45) is 5.73 Å². The van der Waals surface area contributed by atoms with Gasteiger partial charge in [-0.1, -0.05) is 23.7 Å². The van der Waals surface area contributed by atoms with E-state index in [0.717, 1.165) is 21.7 Å². The van der Waals surface area contributed by atoms with Crippen LogP contribution in [-0.2, 0) is 6.54 Å². The zero-order chi connectivity index (χ0) is 10.7. The second-order valence-electron chi connectivity index (χ2n) is 3.30.